The number of nitrogens with two attached hydrogens (primary N) is 1. The van der Waals surface area contributed by atoms with E-state index in [-0.39, 0.29) is 6.03 Å². The minimum absolute atomic E-state index is 0.261. The maximum Gasteiger partial charge on any atom is 0.321 e. The van der Waals surface area contributed by atoms with Gasteiger partial charge in [-0.3, -0.25) is 4.79 Å². The van der Waals surface area contributed by atoms with Crippen LogP contribution < -0.4 is 16.4 Å². The minimum atomic E-state index is -1.01. The summed E-state index contributed by atoms with van der Waals surface area (Å²) in [4.78, 5) is 21.4. The average molecular weight is 247 g/mol. The molecular formula is C9H17N3O3S. The highest BCUT2D eigenvalue weighted by Gasteiger charge is 2.10. The largest absolute Gasteiger partial charge is 0.480 e. The van der Waals surface area contributed by atoms with Gasteiger partial charge in [0, 0.05) is 24.6 Å². The van der Waals surface area contributed by atoms with Crippen LogP contribution in [0.2, 0.25) is 0 Å². The summed E-state index contributed by atoms with van der Waals surface area (Å²) in [6.07, 6.45) is 1.58. The number of rotatable bonds is 8. The summed E-state index contributed by atoms with van der Waals surface area (Å²) in [6.45, 7) is 4.35. The molecule has 0 radical (unpaired) electrons. The summed E-state index contributed by atoms with van der Waals surface area (Å²) >= 11 is 1.39. The molecule has 0 saturated heterocycles. The van der Waals surface area contributed by atoms with Crippen molar-refractivity contribution in [1.82, 2.24) is 10.6 Å². The van der Waals surface area contributed by atoms with Crippen LogP contribution in [0.25, 0.3) is 0 Å². The van der Waals surface area contributed by atoms with Gasteiger partial charge in [0.25, 0.3) is 0 Å². The Balaban J connectivity index is 3.36. The van der Waals surface area contributed by atoms with Gasteiger partial charge in [0.1, 0.15) is 6.04 Å². The number of hydrogen-bond acceptors (Lipinski definition) is 4. The average Bonchev–Trinajstić information content (AvgIpc) is 2.25. The van der Waals surface area contributed by atoms with Gasteiger partial charge in [-0.05, 0) is 0 Å². The Labute approximate surface area is 98.6 Å². The molecule has 0 aromatic heterocycles. The first kappa shape index (κ1) is 14.8. The third kappa shape index (κ3) is 8.13. The summed E-state index contributed by atoms with van der Waals surface area (Å²) in [6, 6.07) is -1.11. The van der Waals surface area contributed by atoms with Gasteiger partial charge in [0.2, 0.25) is 0 Å². The van der Waals surface area contributed by atoms with Gasteiger partial charge in [-0.15, -0.1) is 6.58 Å². The number of nitrogens with one attached hydrogen (secondary N) is 2. The van der Waals surface area contributed by atoms with Crippen molar-refractivity contribution in [2.24, 2.45) is 5.73 Å². The molecule has 0 saturated carbocycles. The van der Waals surface area contributed by atoms with E-state index in [1.54, 1.807) is 6.08 Å². The van der Waals surface area contributed by atoms with Crippen molar-refractivity contribution >= 4 is 23.8 Å². The molecular weight excluding hydrogens is 230 g/mol. The van der Waals surface area contributed by atoms with E-state index in [1.165, 1.54) is 11.8 Å². The maximum absolute atomic E-state index is 11.0. The van der Waals surface area contributed by atoms with Gasteiger partial charge >= 0.3 is 12.0 Å². The van der Waals surface area contributed by atoms with Gasteiger partial charge in [-0.1, -0.05) is 6.08 Å². The zero-order chi connectivity index (χ0) is 12.4. The third-order valence-electron chi connectivity index (χ3n) is 1.55. The first-order valence-electron chi connectivity index (χ1n) is 4.76. The smallest absolute Gasteiger partial charge is 0.321 e. The molecule has 0 heterocycles. The predicted molar refractivity (Wildman–Crippen MR) is 64.5 cm³/mol. The highest BCUT2D eigenvalue weighted by molar-refractivity contribution is 7.99. The number of amides is 2. The van der Waals surface area contributed by atoms with Crippen LogP contribution in [0.1, 0.15) is 0 Å². The Hall–Kier alpha value is -1.21. The number of carbonyl (C=O) groups excluding carboxylic acids is 1. The number of carboxylic acid groups (broad SMARTS) is 1. The molecule has 0 aromatic rings. The van der Waals surface area contributed by atoms with E-state index >= 15 is 0 Å². The highest BCUT2D eigenvalue weighted by Crippen LogP contribution is 2.00. The molecule has 2 amide bonds. The lowest BCUT2D eigenvalue weighted by atomic mass is 10.4. The number of thioether (sulfide) groups is 1. The van der Waals surface area contributed by atoms with Crippen LogP contribution in [-0.2, 0) is 4.79 Å². The summed E-state index contributed by atoms with van der Waals surface area (Å²) in [5.41, 5.74) is 5.29. The number of hydrogen-bond donors (Lipinski definition) is 4. The van der Waals surface area contributed by atoms with E-state index < -0.39 is 12.0 Å². The zero-order valence-corrected chi connectivity index (χ0v) is 9.76. The second-order valence-corrected chi connectivity index (χ2v) is 4.09. The first-order chi connectivity index (χ1) is 7.57. The molecule has 0 spiro atoms. The van der Waals surface area contributed by atoms with Crippen LogP contribution >= 0.6 is 11.8 Å². The van der Waals surface area contributed by atoms with Gasteiger partial charge in [-0.2, -0.15) is 11.8 Å². The Morgan fingerprint density at radius 2 is 2.19 bits per heavy atom. The van der Waals surface area contributed by atoms with E-state index in [4.69, 9.17) is 10.8 Å². The zero-order valence-electron chi connectivity index (χ0n) is 8.94. The second-order valence-electron chi connectivity index (χ2n) is 2.95. The SMILES string of the molecule is C=CCNC(=O)NCCSC[C@H](N)C(=O)O. The van der Waals surface area contributed by atoms with E-state index in [1.807, 2.05) is 0 Å². The molecule has 0 unspecified atom stereocenters. The fourth-order valence-corrected chi connectivity index (χ4v) is 1.56. The van der Waals surface area contributed by atoms with Gasteiger partial charge in [-0.25, -0.2) is 4.79 Å². The first-order valence-corrected chi connectivity index (χ1v) is 5.92. The number of urea groups is 1. The number of carbonyl (C=O) groups is 2. The van der Waals surface area contributed by atoms with Gasteiger partial charge in [0.15, 0.2) is 0 Å². The highest BCUT2D eigenvalue weighted by atomic mass is 32.2. The Morgan fingerprint density at radius 1 is 1.50 bits per heavy atom. The fourth-order valence-electron chi connectivity index (χ4n) is 0.746. The lowest BCUT2D eigenvalue weighted by Gasteiger charge is -2.07. The summed E-state index contributed by atoms with van der Waals surface area (Å²) in [7, 11) is 0. The van der Waals surface area contributed by atoms with Crippen LogP contribution in [-0.4, -0.2) is 47.7 Å². The monoisotopic (exact) mass is 247 g/mol. The molecule has 5 N–H and O–H groups in total. The van der Waals surface area contributed by atoms with Crippen LogP contribution in [0.4, 0.5) is 4.79 Å². The van der Waals surface area contributed by atoms with Crippen molar-refractivity contribution in [3.8, 4) is 0 Å². The van der Waals surface area contributed by atoms with Crippen molar-refractivity contribution in [3.63, 3.8) is 0 Å². The number of aliphatic carboxylic acids is 1. The van der Waals surface area contributed by atoms with Crippen LogP contribution in [0.15, 0.2) is 12.7 Å². The molecule has 6 nitrogen and oxygen atoms in total. The van der Waals surface area contributed by atoms with Crippen LogP contribution in [0.5, 0.6) is 0 Å². The van der Waals surface area contributed by atoms with E-state index in [0.717, 1.165) is 0 Å². The Bertz CT molecular complexity index is 248. The molecule has 92 valence electrons. The Morgan fingerprint density at radius 3 is 2.75 bits per heavy atom. The van der Waals surface area contributed by atoms with Crippen LogP contribution in [0, 0.1) is 0 Å². The van der Waals surface area contributed by atoms with Gasteiger partial charge < -0.3 is 21.5 Å². The molecule has 0 aliphatic heterocycles. The molecule has 0 fully saturated rings. The van der Waals surface area contributed by atoms with Crippen molar-refractivity contribution in [2.75, 3.05) is 24.6 Å². The fraction of sp³-hybridized carbons (Fsp3) is 0.556. The summed E-state index contributed by atoms with van der Waals surface area (Å²) in [5, 5.41) is 13.7. The minimum Gasteiger partial charge on any atom is -0.480 e. The summed E-state index contributed by atoms with van der Waals surface area (Å²) in [5.74, 6) is -0.0440. The lowest BCUT2D eigenvalue weighted by molar-refractivity contribution is -0.137. The van der Waals surface area contributed by atoms with Crippen LogP contribution in [0.3, 0.4) is 0 Å². The van der Waals surface area contributed by atoms with Crippen molar-refractivity contribution in [2.45, 2.75) is 6.04 Å². The topological polar surface area (TPSA) is 104 Å². The number of carboxylic acids is 1. The van der Waals surface area contributed by atoms with E-state index in [9.17, 15) is 9.59 Å². The maximum atomic E-state index is 11.0. The van der Waals surface area contributed by atoms with E-state index in [2.05, 4.69) is 17.2 Å². The molecule has 1 atom stereocenters. The molecule has 0 aromatic carbocycles. The molecule has 7 heteroatoms. The van der Waals surface area contributed by atoms with Gasteiger partial charge in [0.05, 0.1) is 0 Å². The van der Waals surface area contributed by atoms with E-state index in [0.29, 0.717) is 24.6 Å². The standard InChI is InChI=1S/C9H17N3O3S/c1-2-3-11-9(15)12-4-5-16-6-7(10)8(13)14/h2,7H,1,3-6,10H2,(H,13,14)(H2,11,12,15)/t7-/m0/s1. The van der Waals surface area contributed by atoms with Crippen molar-refractivity contribution in [1.29, 1.82) is 0 Å². The Kier molecular flexibility index (Phi) is 8.36. The third-order valence-corrected chi connectivity index (χ3v) is 2.64. The normalized spacial score (nSPS) is 11.6. The molecule has 0 bridgehead atoms. The molecule has 16 heavy (non-hydrogen) atoms. The molecule has 0 aliphatic rings. The quantitative estimate of drug-likeness (QED) is 0.345. The molecule has 0 aliphatic carbocycles. The lowest BCUT2D eigenvalue weighted by Crippen LogP contribution is -2.37. The molecule has 0 rings (SSSR count). The second kappa shape index (κ2) is 9.05. The van der Waals surface area contributed by atoms with Crippen molar-refractivity contribution in [3.05, 3.63) is 12.7 Å². The summed E-state index contributed by atoms with van der Waals surface area (Å²) < 4.78 is 0. The van der Waals surface area contributed by atoms with Crippen molar-refractivity contribution < 1.29 is 14.7 Å². The predicted octanol–water partition coefficient (Wildman–Crippen LogP) is -0.383.